The van der Waals surface area contributed by atoms with Crippen LogP contribution in [0.15, 0.2) is 5.16 Å². The van der Waals surface area contributed by atoms with E-state index in [1.165, 1.54) is 0 Å². The number of methoxy groups -OCH3 is 1. The topological polar surface area (TPSA) is 79.9 Å². The largest absolute Gasteiger partial charge is 0.409 e. The molecule has 0 atom stereocenters. The van der Waals surface area contributed by atoms with Crippen LogP contribution in [-0.2, 0) is 4.74 Å². The fourth-order valence-electron chi connectivity index (χ4n) is 1.23. The van der Waals surface area contributed by atoms with Crippen molar-refractivity contribution in [3.05, 3.63) is 0 Å². The van der Waals surface area contributed by atoms with Gasteiger partial charge in [-0.3, -0.25) is 0 Å². The van der Waals surface area contributed by atoms with E-state index in [4.69, 9.17) is 15.7 Å². The average molecular weight is 217 g/mol. The van der Waals surface area contributed by atoms with E-state index in [0.717, 1.165) is 45.4 Å². The molecule has 0 amide bonds. The maximum atomic E-state index is 8.29. The molecule has 0 saturated heterocycles. The van der Waals surface area contributed by atoms with Gasteiger partial charge in [-0.1, -0.05) is 5.16 Å². The fourth-order valence-corrected chi connectivity index (χ4v) is 1.23. The summed E-state index contributed by atoms with van der Waals surface area (Å²) in [6, 6.07) is 0. The number of oxime groups is 1. The molecule has 0 heterocycles. The van der Waals surface area contributed by atoms with Gasteiger partial charge in [-0.2, -0.15) is 0 Å². The number of hydrogen-bond acceptors (Lipinski definition) is 4. The summed E-state index contributed by atoms with van der Waals surface area (Å²) in [6.07, 6.45) is 4.94. The van der Waals surface area contributed by atoms with Gasteiger partial charge in [-0.15, -0.1) is 0 Å². The molecule has 0 bridgehead atoms. The minimum Gasteiger partial charge on any atom is -0.409 e. The highest BCUT2D eigenvalue weighted by Crippen LogP contribution is 1.94. The van der Waals surface area contributed by atoms with Crippen LogP contribution in [0.3, 0.4) is 0 Å². The maximum absolute atomic E-state index is 8.29. The number of unbranched alkanes of at least 4 members (excludes halogenated alkanes) is 2. The number of nitrogens with zero attached hydrogens (tertiary/aromatic N) is 1. The van der Waals surface area contributed by atoms with Gasteiger partial charge in [0.25, 0.3) is 0 Å². The van der Waals surface area contributed by atoms with Crippen molar-refractivity contribution in [3.8, 4) is 0 Å². The summed E-state index contributed by atoms with van der Waals surface area (Å²) in [5, 5.41) is 14.5. The Morgan fingerprint density at radius 2 is 1.93 bits per heavy atom. The van der Waals surface area contributed by atoms with Crippen LogP contribution in [0.4, 0.5) is 0 Å². The maximum Gasteiger partial charge on any atom is 0.139 e. The molecule has 0 radical (unpaired) electrons. The highest BCUT2D eigenvalue weighted by Gasteiger charge is 1.93. The molecule has 0 aliphatic rings. The number of nitrogens with one attached hydrogen (secondary N) is 1. The molecule has 0 unspecified atom stereocenters. The van der Waals surface area contributed by atoms with Gasteiger partial charge < -0.3 is 21.0 Å². The van der Waals surface area contributed by atoms with Gasteiger partial charge in [0.2, 0.25) is 0 Å². The third kappa shape index (κ3) is 11.1. The van der Waals surface area contributed by atoms with Gasteiger partial charge in [0, 0.05) is 20.1 Å². The summed E-state index contributed by atoms with van der Waals surface area (Å²) in [5.41, 5.74) is 5.33. The molecule has 0 aliphatic carbocycles. The Kier molecular flexibility index (Phi) is 10.7. The average Bonchev–Trinajstić information content (AvgIpc) is 2.26. The zero-order valence-corrected chi connectivity index (χ0v) is 9.54. The van der Waals surface area contributed by atoms with Gasteiger partial charge in [0.15, 0.2) is 0 Å². The van der Waals surface area contributed by atoms with Crippen LogP contribution < -0.4 is 11.1 Å². The minimum atomic E-state index is 0.315. The molecule has 0 fully saturated rings. The van der Waals surface area contributed by atoms with E-state index < -0.39 is 0 Å². The Bertz CT molecular complexity index is 163. The van der Waals surface area contributed by atoms with Crippen LogP contribution in [0.25, 0.3) is 0 Å². The van der Waals surface area contributed by atoms with Crippen LogP contribution in [0.5, 0.6) is 0 Å². The molecule has 15 heavy (non-hydrogen) atoms. The van der Waals surface area contributed by atoms with E-state index in [0.29, 0.717) is 12.3 Å². The van der Waals surface area contributed by atoms with Crippen LogP contribution >= 0.6 is 0 Å². The van der Waals surface area contributed by atoms with Gasteiger partial charge in [-0.25, -0.2) is 0 Å². The first kappa shape index (κ1) is 14.2. The first-order chi connectivity index (χ1) is 7.31. The van der Waals surface area contributed by atoms with Gasteiger partial charge in [0.05, 0.1) is 0 Å². The van der Waals surface area contributed by atoms with Crippen molar-refractivity contribution in [2.24, 2.45) is 10.9 Å². The number of rotatable bonds is 10. The normalized spacial score (nSPS) is 11.9. The van der Waals surface area contributed by atoms with Crippen molar-refractivity contribution in [2.75, 3.05) is 26.8 Å². The molecular formula is C10H23N3O2. The summed E-state index contributed by atoms with van der Waals surface area (Å²) in [7, 11) is 1.72. The van der Waals surface area contributed by atoms with Crippen molar-refractivity contribution in [1.29, 1.82) is 0 Å². The minimum absolute atomic E-state index is 0.315. The Hall–Kier alpha value is -0.810. The zero-order valence-electron chi connectivity index (χ0n) is 9.54. The first-order valence-corrected chi connectivity index (χ1v) is 5.47. The molecule has 5 heteroatoms. The van der Waals surface area contributed by atoms with Crippen LogP contribution in [-0.4, -0.2) is 37.8 Å². The first-order valence-electron chi connectivity index (χ1n) is 5.47. The summed E-state index contributed by atoms with van der Waals surface area (Å²) in [5.74, 6) is 0.315. The quantitative estimate of drug-likeness (QED) is 0.167. The fraction of sp³-hybridized carbons (Fsp3) is 0.900. The Labute approximate surface area is 91.7 Å². The molecule has 0 aromatic carbocycles. The van der Waals surface area contributed by atoms with Crippen molar-refractivity contribution in [2.45, 2.75) is 32.1 Å². The lowest BCUT2D eigenvalue weighted by atomic mass is 10.2. The third-order valence-corrected chi connectivity index (χ3v) is 2.12. The van der Waals surface area contributed by atoms with E-state index in [2.05, 4.69) is 10.5 Å². The molecule has 0 aromatic rings. The second-order valence-electron chi connectivity index (χ2n) is 3.50. The van der Waals surface area contributed by atoms with E-state index in [1.54, 1.807) is 7.11 Å². The van der Waals surface area contributed by atoms with Gasteiger partial charge in [0.1, 0.15) is 5.84 Å². The molecule has 0 aliphatic heterocycles. The molecule has 0 rings (SSSR count). The van der Waals surface area contributed by atoms with Crippen molar-refractivity contribution < 1.29 is 9.94 Å². The van der Waals surface area contributed by atoms with E-state index >= 15 is 0 Å². The Balaban J connectivity index is 2.99. The highest BCUT2D eigenvalue weighted by molar-refractivity contribution is 5.79. The monoisotopic (exact) mass is 217 g/mol. The number of amidine groups is 1. The zero-order chi connectivity index (χ0) is 11.4. The molecule has 0 spiro atoms. The Morgan fingerprint density at radius 1 is 1.27 bits per heavy atom. The van der Waals surface area contributed by atoms with Crippen LogP contribution in [0, 0.1) is 0 Å². The molecule has 0 aromatic heterocycles. The van der Waals surface area contributed by atoms with Crippen molar-refractivity contribution in [1.82, 2.24) is 5.32 Å². The SMILES string of the molecule is COCCCCNCCCCC(N)=NO. The van der Waals surface area contributed by atoms with Crippen molar-refractivity contribution in [3.63, 3.8) is 0 Å². The molecule has 90 valence electrons. The van der Waals surface area contributed by atoms with Crippen LogP contribution in [0.1, 0.15) is 32.1 Å². The lowest BCUT2D eigenvalue weighted by molar-refractivity contribution is 0.192. The second-order valence-corrected chi connectivity index (χ2v) is 3.50. The van der Waals surface area contributed by atoms with E-state index in [1.807, 2.05) is 0 Å². The Morgan fingerprint density at radius 3 is 2.53 bits per heavy atom. The number of ether oxygens (including phenoxy) is 1. The second kappa shape index (κ2) is 11.3. The predicted molar refractivity (Wildman–Crippen MR) is 61.2 cm³/mol. The summed E-state index contributed by atoms with van der Waals surface area (Å²) < 4.78 is 4.95. The van der Waals surface area contributed by atoms with Crippen LogP contribution in [0.2, 0.25) is 0 Å². The number of nitrogens with two attached hydrogens (primary N) is 1. The van der Waals surface area contributed by atoms with E-state index in [9.17, 15) is 0 Å². The summed E-state index contributed by atoms with van der Waals surface area (Å²) in [4.78, 5) is 0. The van der Waals surface area contributed by atoms with Crippen molar-refractivity contribution >= 4 is 5.84 Å². The lowest BCUT2D eigenvalue weighted by Crippen LogP contribution is -2.18. The smallest absolute Gasteiger partial charge is 0.139 e. The standard InChI is InChI=1S/C10H23N3O2/c1-15-9-5-4-8-12-7-3-2-6-10(11)13-14/h12,14H,2-9H2,1H3,(H2,11,13). The van der Waals surface area contributed by atoms with Gasteiger partial charge in [-0.05, 0) is 38.8 Å². The third-order valence-electron chi connectivity index (χ3n) is 2.12. The molecule has 4 N–H and O–H groups in total. The number of hydrogen-bond donors (Lipinski definition) is 3. The van der Waals surface area contributed by atoms with E-state index in [-0.39, 0.29) is 0 Å². The molecule has 5 nitrogen and oxygen atoms in total. The molecule has 0 saturated carbocycles. The summed E-state index contributed by atoms with van der Waals surface area (Å²) in [6.45, 7) is 2.86. The molecular weight excluding hydrogens is 194 g/mol. The predicted octanol–water partition coefficient (Wildman–Crippen LogP) is 0.919. The lowest BCUT2D eigenvalue weighted by Gasteiger charge is -2.04. The van der Waals surface area contributed by atoms with Gasteiger partial charge >= 0.3 is 0 Å². The summed E-state index contributed by atoms with van der Waals surface area (Å²) >= 11 is 0. The highest BCUT2D eigenvalue weighted by atomic mass is 16.5.